The van der Waals surface area contributed by atoms with Crippen LogP contribution in [0.4, 0.5) is 4.79 Å². The third-order valence-electron chi connectivity index (χ3n) is 4.13. The van der Waals surface area contributed by atoms with Gasteiger partial charge in [-0.1, -0.05) is 12.2 Å². The molecule has 2 aliphatic rings. The quantitative estimate of drug-likeness (QED) is 0.565. The molecule has 0 aliphatic carbocycles. The number of carbonyl (C=O) groups excluding carboxylic acids is 3. The van der Waals surface area contributed by atoms with Gasteiger partial charge in [0.2, 0.25) is 0 Å². The van der Waals surface area contributed by atoms with Crippen molar-refractivity contribution in [2.24, 2.45) is 0 Å². The maximum absolute atomic E-state index is 12.8. The highest BCUT2D eigenvalue weighted by molar-refractivity contribution is 5.96. The predicted molar refractivity (Wildman–Crippen MR) is 84.0 cm³/mol. The maximum Gasteiger partial charge on any atom is 0.411 e. The van der Waals surface area contributed by atoms with Crippen LogP contribution in [0.3, 0.4) is 0 Å². The average molecular weight is 340 g/mol. The third-order valence-corrected chi connectivity index (χ3v) is 4.13. The molecule has 0 radical (unpaired) electrons. The number of ether oxygens (including phenoxy) is 2. The van der Waals surface area contributed by atoms with Crippen LogP contribution in [0.25, 0.3) is 0 Å². The monoisotopic (exact) mass is 340 g/mol. The average Bonchev–Trinajstić information content (AvgIpc) is 3.06. The summed E-state index contributed by atoms with van der Waals surface area (Å²) >= 11 is 0. The second kappa shape index (κ2) is 6.43. The summed E-state index contributed by atoms with van der Waals surface area (Å²) in [6, 6.07) is -1.39. The lowest BCUT2D eigenvalue weighted by Crippen LogP contribution is -2.59. The minimum absolute atomic E-state index is 0.212. The number of methoxy groups -OCH3 is 1. The molecule has 8 nitrogen and oxygen atoms in total. The fraction of sp³-hybridized carbons (Fsp3) is 0.688. The van der Waals surface area contributed by atoms with E-state index in [0.717, 1.165) is 0 Å². The number of nitrogens with zero attached hydrogens (tertiary/aromatic N) is 1. The summed E-state index contributed by atoms with van der Waals surface area (Å²) in [7, 11) is 1.17. The van der Waals surface area contributed by atoms with Crippen LogP contribution in [0, 0.1) is 0 Å². The fourth-order valence-corrected chi connectivity index (χ4v) is 3.04. The highest BCUT2D eigenvalue weighted by Crippen LogP contribution is 2.42. The molecule has 2 amide bonds. The number of hydrogen-bond acceptors (Lipinski definition) is 6. The predicted octanol–water partition coefficient (Wildman–Crippen LogP) is 0.345. The third kappa shape index (κ3) is 3.24. The van der Waals surface area contributed by atoms with Gasteiger partial charge in [0.1, 0.15) is 11.1 Å². The van der Waals surface area contributed by atoms with Crippen LogP contribution < -0.4 is 5.32 Å². The molecule has 8 heteroatoms. The van der Waals surface area contributed by atoms with Gasteiger partial charge in [-0.3, -0.25) is 9.69 Å². The zero-order chi connectivity index (χ0) is 18.1. The van der Waals surface area contributed by atoms with Crippen molar-refractivity contribution in [2.75, 3.05) is 13.7 Å². The standard InChI is InChI=1S/C16H24N2O6/c1-15(2,3)24-14(22)18-10-5-7-16(18,8-6-10)13(21)17-11(9-19)12(20)23-4/h5,7,10-11,19H,6,8-9H2,1-4H3,(H,17,21)/t10-,11-,16+/m0/s1. The number of aliphatic hydroxyl groups is 1. The summed E-state index contributed by atoms with van der Waals surface area (Å²) in [6.07, 6.45) is 3.93. The molecule has 1 fully saturated rings. The van der Waals surface area contributed by atoms with E-state index in [1.165, 1.54) is 12.0 Å². The number of nitrogens with one attached hydrogen (secondary N) is 1. The lowest BCUT2D eigenvalue weighted by atomic mass is 9.92. The number of amides is 2. The van der Waals surface area contributed by atoms with Crippen molar-refractivity contribution in [3.05, 3.63) is 12.2 Å². The van der Waals surface area contributed by atoms with Crippen LogP contribution in [0.1, 0.15) is 33.6 Å². The van der Waals surface area contributed by atoms with Crippen LogP contribution in [0.2, 0.25) is 0 Å². The number of esters is 1. The lowest BCUT2D eigenvalue weighted by molar-refractivity contribution is -0.147. The number of carbonyl (C=O) groups is 3. The normalized spacial score (nSPS) is 26.2. The van der Waals surface area contributed by atoms with Gasteiger partial charge >= 0.3 is 12.1 Å². The first kappa shape index (κ1) is 18.3. The van der Waals surface area contributed by atoms with Gasteiger partial charge in [-0.05, 0) is 33.6 Å². The van der Waals surface area contributed by atoms with Crippen LogP contribution in [-0.4, -0.2) is 64.9 Å². The van der Waals surface area contributed by atoms with Gasteiger partial charge in [-0.25, -0.2) is 9.59 Å². The van der Waals surface area contributed by atoms with Gasteiger partial charge < -0.3 is 19.9 Å². The molecule has 2 N–H and O–H groups in total. The molecule has 0 aromatic carbocycles. The molecule has 2 bridgehead atoms. The van der Waals surface area contributed by atoms with Crippen molar-refractivity contribution in [1.29, 1.82) is 0 Å². The molecule has 0 saturated carbocycles. The Balaban J connectivity index is 2.19. The van der Waals surface area contributed by atoms with E-state index in [-0.39, 0.29) is 6.04 Å². The van der Waals surface area contributed by atoms with E-state index >= 15 is 0 Å². The molecular formula is C16H24N2O6. The molecule has 2 aliphatic heterocycles. The lowest BCUT2D eigenvalue weighted by Gasteiger charge is -2.35. The van der Waals surface area contributed by atoms with Crippen LogP contribution in [0.15, 0.2) is 12.2 Å². The van der Waals surface area contributed by atoms with Gasteiger partial charge in [0, 0.05) is 0 Å². The zero-order valence-electron chi connectivity index (χ0n) is 14.4. The smallest absolute Gasteiger partial charge is 0.411 e. The van der Waals surface area contributed by atoms with E-state index in [2.05, 4.69) is 10.1 Å². The Hall–Kier alpha value is -2.09. The summed E-state index contributed by atoms with van der Waals surface area (Å²) in [6.45, 7) is 4.67. The molecule has 0 spiro atoms. The van der Waals surface area contributed by atoms with E-state index < -0.39 is 41.8 Å². The number of rotatable bonds is 4. The Labute approximate surface area is 140 Å². The molecule has 0 aromatic rings. The SMILES string of the molecule is COC(=O)[C@H](CO)NC(=O)[C@@]12C=C[C@@H](CC1)N2C(=O)OC(C)(C)C. The second-order valence-electron chi connectivity index (χ2n) is 6.97. The molecule has 24 heavy (non-hydrogen) atoms. The van der Waals surface area contributed by atoms with Gasteiger partial charge in [0.25, 0.3) is 5.91 Å². The Bertz CT molecular complexity index is 567. The van der Waals surface area contributed by atoms with Crippen molar-refractivity contribution < 1.29 is 29.0 Å². The molecule has 3 atom stereocenters. The highest BCUT2D eigenvalue weighted by Gasteiger charge is 2.57. The van der Waals surface area contributed by atoms with Gasteiger partial charge in [0.05, 0.1) is 19.8 Å². The van der Waals surface area contributed by atoms with E-state index in [1.54, 1.807) is 32.9 Å². The van der Waals surface area contributed by atoms with E-state index in [0.29, 0.717) is 12.8 Å². The Kier molecular flexibility index (Phi) is 4.89. The summed E-state index contributed by atoms with van der Waals surface area (Å²) in [5, 5.41) is 11.7. The van der Waals surface area contributed by atoms with Crippen LogP contribution in [-0.2, 0) is 19.1 Å². The molecular weight excluding hydrogens is 316 g/mol. The largest absolute Gasteiger partial charge is 0.467 e. The number of fused-ring (bicyclic) bond motifs is 2. The summed E-state index contributed by atoms with van der Waals surface area (Å²) in [4.78, 5) is 38.3. The first-order valence-corrected chi connectivity index (χ1v) is 7.86. The molecule has 0 aromatic heterocycles. The van der Waals surface area contributed by atoms with Crippen molar-refractivity contribution in [2.45, 2.75) is 56.8 Å². The topological polar surface area (TPSA) is 105 Å². The van der Waals surface area contributed by atoms with Gasteiger partial charge in [-0.2, -0.15) is 0 Å². The minimum atomic E-state index is -1.20. The highest BCUT2D eigenvalue weighted by atomic mass is 16.6. The summed E-state index contributed by atoms with van der Waals surface area (Å²) in [5.74, 6) is -1.28. The van der Waals surface area contributed by atoms with E-state index in [1.807, 2.05) is 0 Å². The first-order valence-electron chi connectivity index (χ1n) is 7.86. The first-order chi connectivity index (χ1) is 11.1. The maximum atomic E-state index is 12.8. The zero-order valence-corrected chi connectivity index (χ0v) is 14.4. The van der Waals surface area contributed by atoms with Gasteiger partial charge in [-0.15, -0.1) is 0 Å². The Morgan fingerprint density at radius 3 is 2.54 bits per heavy atom. The molecule has 0 unspecified atom stereocenters. The van der Waals surface area contributed by atoms with Crippen molar-refractivity contribution >= 4 is 18.0 Å². The Morgan fingerprint density at radius 1 is 1.42 bits per heavy atom. The van der Waals surface area contributed by atoms with Crippen LogP contribution >= 0.6 is 0 Å². The van der Waals surface area contributed by atoms with E-state index in [9.17, 15) is 19.5 Å². The van der Waals surface area contributed by atoms with Gasteiger partial charge in [0.15, 0.2) is 6.04 Å². The summed E-state index contributed by atoms with van der Waals surface area (Å²) < 4.78 is 9.95. The molecule has 134 valence electrons. The van der Waals surface area contributed by atoms with Crippen molar-refractivity contribution in [3.8, 4) is 0 Å². The van der Waals surface area contributed by atoms with Crippen molar-refractivity contribution in [3.63, 3.8) is 0 Å². The molecule has 1 saturated heterocycles. The second-order valence-corrected chi connectivity index (χ2v) is 6.97. The Morgan fingerprint density at radius 2 is 2.08 bits per heavy atom. The van der Waals surface area contributed by atoms with Crippen molar-refractivity contribution in [1.82, 2.24) is 10.2 Å². The van der Waals surface area contributed by atoms with E-state index in [4.69, 9.17) is 4.74 Å². The van der Waals surface area contributed by atoms with Crippen LogP contribution in [0.5, 0.6) is 0 Å². The molecule has 2 rings (SSSR count). The minimum Gasteiger partial charge on any atom is -0.467 e. The number of hydrogen-bond donors (Lipinski definition) is 2. The fourth-order valence-electron chi connectivity index (χ4n) is 3.04. The summed E-state index contributed by atoms with van der Waals surface area (Å²) in [5.41, 5.74) is -1.88. The number of aliphatic hydroxyl groups excluding tert-OH is 1. The molecule has 2 heterocycles.